The lowest BCUT2D eigenvalue weighted by Gasteiger charge is -2.52. The van der Waals surface area contributed by atoms with E-state index in [1.165, 1.54) is 51.4 Å². The van der Waals surface area contributed by atoms with Gasteiger partial charge in [-0.15, -0.1) is 0 Å². The molecule has 0 aliphatic heterocycles. The third kappa shape index (κ3) is 1.38. The zero-order chi connectivity index (χ0) is 16.2. The maximum Gasteiger partial charge on any atom is 0.0279 e. The lowest BCUT2D eigenvalue weighted by atomic mass is 9.50. The predicted molar refractivity (Wildman–Crippen MR) is 101 cm³/mol. The van der Waals surface area contributed by atoms with Crippen molar-refractivity contribution in [1.29, 1.82) is 0 Å². The molecule has 2 fully saturated rings. The summed E-state index contributed by atoms with van der Waals surface area (Å²) in [5.41, 5.74) is 11.0. The predicted octanol–water partition coefficient (Wildman–Crippen LogP) is 5.75. The third-order valence-corrected chi connectivity index (χ3v) is 8.85. The smallest absolute Gasteiger partial charge is 0.0279 e. The Labute approximate surface area is 150 Å². The molecule has 1 spiro atoms. The minimum Gasteiger partial charge on any atom is -0.0617 e. The van der Waals surface area contributed by atoms with Gasteiger partial charge in [0.2, 0.25) is 0 Å². The quantitative estimate of drug-likeness (QED) is 0.578. The molecule has 0 bridgehead atoms. The van der Waals surface area contributed by atoms with Gasteiger partial charge in [0, 0.05) is 5.41 Å². The molecule has 5 atom stereocenters. The molecule has 5 aliphatic carbocycles. The molecule has 2 saturated carbocycles. The van der Waals surface area contributed by atoms with E-state index in [1.54, 1.807) is 22.3 Å². The summed E-state index contributed by atoms with van der Waals surface area (Å²) in [5, 5.41) is 0. The molecule has 25 heavy (non-hydrogen) atoms. The number of hydrogen-bond donors (Lipinski definition) is 0. The van der Waals surface area contributed by atoms with E-state index >= 15 is 0 Å². The lowest BCUT2D eigenvalue weighted by Crippen LogP contribution is -2.49. The van der Waals surface area contributed by atoms with Crippen molar-refractivity contribution in [1.82, 2.24) is 0 Å². The van der Waals surface area contributed by atoms with Gasteiger partial charge in [-0.1, -0.05) is 49.2 Å². The fourth-order valence-electron chi connectivity index (χ4n) is 8.47. The molecule has 5 aliphatic rings. The third-order valence-electron chi connectivity index (χ3n) is 8.85. The average molecular weight is 326 g/mol. The van der Waals surface area contributed by atoms with Crippen LogP contribution in [0.3, 0.4) is 0 Å². The highest BCUT2D eigenvalue weighted by atomic mass is 14.7. The Hall–Kier alpha value is -1.56. The van der Waals surface area contributed by atoms with Gasteiger partial charge in [0.25, 0.3) is 0 Å². The van der Waals surface area contributed by atoms with Crippen molar-refractivity contribution in [2.75, 3.05) is 0 Å². The second-order valence-electron chi connectivity index (χ2n) is 9.52. The van der Waals surface area contributed by atoms with Gasteiger partial charge in [0.05, 0.1) is 0 Å². The van der Waals surface area contributed by atoms with Crippen molar-refractivity contribution in [3.63, 3.8) is 0 Å². The van der Waals surface area contributed by atoms with Crippen molar-refractivity contribution < 1.29 is 0 Å². The lowest BCUT2D eigenvalue weighted by molar-refractivity contribution is 0.158. The van der Waals surface area contributed by atoms with Crippen LogP contribution >= 0.6 is 0 Å². The average Bonchev–Trinajstić information content (AvgIpc) is 3.34. The SMILES string of the molecule is c1cc2c3c(c1)CC1CCCC1C31c3c(cccc3C3CCCC31)C2. The van der Waals surface area contributed by atoms with Gasteiger partial charge < -0.3 is 0 Å². The van der Waals surface area contributed by atoms with Gasteiger partial charge in [-0.3, -0.25) is 0 Å². The summed E-state index contributed by atoms with van der Waals surface area (Å²) in [6.45, 7) is 0. The molecule has 2 aromatic carbocycles. The summed E-state index contributed by atoms with van der Waals surface area (Å²) >= 11 is 0. The maximum atomic E-state index is 2.52. The summed E-state index contributed by atoms with van der Waals surface area (Å²) in [5.74, 6) is 3.62. The second-order valence-corrected chi connectivity index (χ2v) is 9.52. The Kier molecular flexibility index (Phi) is 2.39. The Morgan fingerprint density at radius 1 is 0.720 bits per heavy atom. The van der Waals surface area contributed by atoms with E-state index in [9.17, 15) is 0 Å². The Bertz CT molecular complexity index is 906. The standard InChI is InChI=1S/C25H26/c1-6-16-13-15-5-3-11-21(15)25-22-12-4-9-19(22)20-10-2-8-18(24(20)25)14-17(7-1)23(16)25/h1-2,6-8,10,15,19,21-22H,3-5,9,11-14H2. The van der Waals surface area contributed by atoms with Gasteiger partial charge >= 0.3 is 0 Å². The van der Waals surface area contributed by atoms with Crippen LogP contribution in [0.2, 0.25) is 0 Å². The van der Waals surface area contributed by atoms with Crippen molar-refractivity contribution in [3.05, 3.63) is 69.8 Å². The van der Waals surface area contributed by atoms with E-state index in [-0.39, 0.29) is 0 Å². The number of rotatable bonds is 0. The molecule has 0 nitrogen and oxygen atoms in total. The zero-order valence-electron chi connectivity index (χ0n) is 14.9. The van der Waals surface area contributed by atoms with Gasteiger partial charge in [-0.25, -0.2) is 0 Å². The van der Waals surface area contributed by atoms with Crippen molar-refractivity contribution in [2.45, 2.75) is 62.7 Å². The molecular formula is C25H26. The van der Waals surface area contributed by atoms with Crippen LogP contribution in [0.15, 0.2) is 36.4 Å². The number of hydrogen-bond acceptors (Lipinski definition) is 0. The molecule has 126 valence electrons. The molecule has 0 heterocycles. The summed E-state index contributed by atoms with van der Waals surface area (Å²) < 4.78 is 0. The fourth-order valence-corrected chi connectivity index (χ4v) is 8.47. The van der Waals surface area contributed by atoms with Crippen LogP contribution in [-0.4, -0.2) is 0 Å². The molecular weight excluding hydrogens is 300 g/mol. The van der Waals surface area contributed by atoms with Gasteiger partial charge in [-0.2, -0.15) is 0 Å². The molecule has 0 N–H and O–H groups in total. The normalized spacial score (nSPS) is 38.9. The van der Waals surface area contributed by atoms with Crippen LogP contribution in [0, 0.1) is 17.8 Å². The van der Waals surface area contributed by atoms with Crippen molar-refractivity contribution >= 4 is 0 Å². The van der Waals surface area contributed by atoms with E-state index in [2.05, 4.69) is 36.4 Å². The molecule has 0 amide bonds. The van der Waals surface area contributed by atoms with Crippen LogP contribution in [0.4, 0.5) is 0 Å². The first-order chi connectivity index (χ1) is 12.4. The monoisotopic (exact) mass is 326 g/mol. The highest BCUT2D eigenvalue weighted by Crippen LogP contribution is 2.70. The zero-order valence-corrected chi connectivity index (χ0v) is 14.9. The molecule has 0 aromatic heterocycles. The van der Waals surface area contributed by atoms with Crippen LogP contribution in [0.5, 0.6) is 0 Å². The minimum absolute atomic E-state index is 0.399. The van der Waals surface area contributed by atoms with Gasteiger partial charge in [0.15, 0.2) is 0 Å². The van der Waals surface area contributed by atoms with Crippen LogP contribution in [0.25, 0.3) is 0 Å². The minimum atomic E-state index is 0.399. The van der Waals surface area contributed by atoms with Gasteiger partial charge in [0.1, 0.15) is 0 Å². The Morgan fingerprint density at radius 3 is 2.44 bits per heavy atom. The first kappa shape index (κ1) is 13.6. The summed E-state index contributed by atoms with van der Waals surface area (Å²) in [4.78, 5) is 0. The van der Waals surface area contributed by atoms with Crippen LogP contribution in [0.1, 0.15) is 77.8 Å². The molecule has 0 heteroatoms. The maximum absolute atomic E-state index is 2.52. The molecule has 0 radical (unpaired) electrons. The molecule has 2 aromatic rings. The van der Waals surface area contributed by atoms with Crippen LogP contribution in [-0.2, 0) is 18.3 Å². The number of fused-ring (bicyclic) bond motifs is 3. The van der Waals surface area contributed by atoms with Crippen LogP contribution < -0.4 is 0 Å². The first-order valence-corrected chi connectivity index (χ1v) is 10.6. The topological polar surface area (TPSA) is 0 Å². The first-order valence-electron chi connectivity index (χ1n) is 10.6. The Balaban J connectivity index is 1.66. The largest absolute Gasteiger partial charge is 0.0617 e. The fraction of sp³-hybridized carbons (Fsp3) is 0.520. The van der Waals surface area contributed by atoms with E-state index in [1.807, 2.05) is 11.1 Å². The second kappa shape index (κ2) is 4.40. The number of benzene rings is 2. The van der Waals surface area contributed by atoms with Crippen molar-refractivity contribution in [2.24, 2.45) is 17.8 Å². The highest BCUT2D eigenvalue weighted by Gasteiger charge is 2.64. The molecule has 7 rings (SSSR count). The summed E-state index contributed by atoms with van der Waals surface area (Å²) in [6, 6.07) is 14.7. The van der Waals surface area contributed by atoms with Crippen molar-refractivity contribution in [3.8, 4) is 0 Å². The van der Waals surface area contributed by atoms with E-state index in [0.717, 1.165) is 23.7 Å². The van der Waals surface area contributed by atoms with Gasteiger partial charge in [-0.05, 0) is 95.6 Å². The molecule has 5 unspecified atom stereocenters. The summed E-state index contributed by atoms with van der Waals surface area (Å²) in [6.07, 6.45) is 11.3. The van der Waals surface area contributed by atoms with E-state index in [4.69, 9.17) is 0 Å². The molecule has 0 saturated heterocycles. The van der Waals surface area contributed by atoms with E-state index < -0.39 is 0 Å². The highest BCUT2D eigenvalue weighted by molar-refractivity contribution is 5.65. The summed E-state index contributed by atoms with van der Waals surface area (Å²) in [7, 11) is 0. The Morgan fingerprint density at radius 2 is 1.48 bits per heavy atom. The van der Waals surface area contributed by atoms with E-state index in [0.29, 0.717) is 5.41 Å².